The van der Waals surface area contributed by atoms with Crippen molar-refractivity contribution in [2.45, 2.75) is 26.7 Å². The Hall–Kier alpha value is -4.11. The zero-order valence-electron chi connectivity index (χ0n) is 20.2. The standard InChI is InChI=1S/C32H29N3/c1-3-23(2)21-26(22-24-11-5-4-6-12-24)35-28-14-8-7-13-27(28)31-29(35)17-16-25-18-20-34(32(25)31)30-15-9-10-19-33-30/h4-21,23H,3,22H2,1-2H3/b26-21+/t23-/m1/s1. The predicted octanol–water partition coefficient (Wildman–Crippen LogP) is 8.26. The minimum atomic E-state index is 0.492. The fourth-order valence-electron chi connectivity index (χ4n) is 5.14. The minimum absolute atomic E-state index is 0.492. The largest absolute Gasteiger partial charge is 0.313 e. The van der Waals surface area contributed by atoms with Crippen molar-refractivity contribution in [3.8, 4) is 5.82 Å². The van der Waals surface area contributed by atoms with Crippen LogP contribution in [0.4, 0.5) is 0 Å². The SMILES string of the molecule is CC[C@@H](C)/C=C(\Cc1ccccc1)n1c2ccccc2c2c3c(ccc21)ccn3-c1ccccn1. The van der Waals surface area contributed by atoms with E-state index in [0.717, 1.165) is 18.7 Å². The highest BCUT2D eigenvalue weighted by Gasteiger charge is 2.19. The summed E-state index contributed by atoms with van der Waals surface area (Å²) in [4.78, 5) is 4.65. The van der Waals surface area contributed by atoms with Crippen molar-refractivity contribution in [2.75, 3.05) is 0 Å². The van der Waals surface area contributed by atoms with E-state index in [1.54, 1.807) is 0 Å². The second kappa shape index (κ2) is 8.92. The Balaban J connectivity index is 1.69. The molecule has 0 aliphatic rings. The van der Waals surface area contributed by atoms with Crippen LogP contribution in [0.25, 0.3) is 44.2 Å². The van der Waals surface area contributed by atoms with E-state index in [2.05, 4.69) is 119 Å². The first-order valence-corrected chi connectivity index (χ1v) is 12.4. The summed E-state index contributed by atoms with van der Waals surface area (Å²) in [6.07, 6.45) is 8.46. The number of benzene rings is 3. The van der Waals surface area contributed by atoms with Crippen LogP contribution in [0, 0.1) is 5.92 Å². The third kappa shape index (κ3) is 3.74. The molecule has 0 aliphatic heterocycles. The third-order valence-corrected chi connectivity index (χ3v) is 7.02. The van der Waals surface area contributed by atoms with Crippen LogP contribution in [-0.4, -0.2) is 14.1 Å². The molecule has 0 saturated carbocycles. The number of rotatable bonds is 6. The molecule has 0 bridgehead atoms. The van der Waals surface area contributed by atoms with E-state index in [1.165, 1.54) is 44.0 Å². The summed E-state index contributed by atoms with van der Waals surface area (Å²) >= 11 is 0. The molecular formula is C32H29N3. The number of aromatic nitrogens is 3. The number of para-hydroxylation sites is 1. The van der Waals surface area contributed by atoms with E-state index < -0.39 is 0 Å². The van der Waals surface area contributed by atoms with Gasteiger partial charge in [0.1, 0.15) is 5.82 Å². The lowest BCUT2D eigenvalue weighted by Gasteiger charge is -2.16. The molecule has 0 unspecified atom stereocenters. The molecule has 0 N–H and O–H groups in total. The lowest BCUT2D eigenvalue weighted by molar-refractivity contribution is 0.695. The molecule has 3 heteroatoms. The van der Waals surface area contributed by atoms with Gasteiger partial charge in [0.2, 0.25) is 0 Å². The fraction of sp³-hybridized carbons (Fsp3) is 0.156. The molecule has 6 rings (SSSR count). The highest BCUT2D eigenvalue weighted by Crippen LogP contribution is 2.38. The molecule has 3 nitrogen and oxygen atoms in total. The van der Waals surface area contributed by atoms with Crippen molar-refractivity contribution in [1.82, 2.24) is 14.1 Å². The van der Waals surface area contributed by atoms with Crippen LogP contribution in [0.5, 0.6) is 0 Å². The van der Waals surface area contributed by atoms with Gasteiger partial charge in [0, 0.05) is 40.7 Å². The maximum Gasteiger partial charge on any atom is 0.137 e. The number of hydrogen-bond donors (Lipinski definition) is 0. The van der Waals surface area contributed by atoms with Crippen LogP contribution in [-0.2, 0) is 6.42 Å². The summed E-state index contributed by atoms with van der Waals surface area (Å²) in [5, 5.41) is 3.77. The molecule has 0 amide bonds. The first-order valence-electron chi connectivity index (χ1n) is 12.4. The normalized spacial score (nSPS) is 13.1. The van der Waals surface area contributed by atoms with Crippen molar-refractivity contribution in [3.63, 3.8) is 0 Å². The Morgan fingerprint density at radius 3 is 2.46 bits per heavy atom. The van der Waals surface area contributed by atoms with Crippen LogP contribution in [0.15, 0.2) is 109 Å². The van der Waals surface area contributed by atoms with Crippen molar-refractivity contribution in [1.29, 1.82) is 0 Å². The highest BCUT2D eigenvalue weighted by atomic mass is 15.1. The van der Waals surface area contributed by atoms with Gasteiger partial charge in [-0.1, -0.05) is 87.0 Å². The van der Waals surface area contributed by atoms with Crippen LogP contribution in [0.1, 0.15) is 25.8 Å². The average Bonchev–Trinajstić information content (AvgIpc) is 3.48. The van der Waals surface area contributed by atoms with E-state index in [1.807, 2.05) is 18.3 Å². The molecule has 0 spiro atoms. The fourth-order valence-corrected chi connectivity index (χ4v) is 5.14. The van der Waals surface area contributed by atoms with Gasteiger partial charge in [0.25, 0.3) is 0 Å². The van der Waals surface area contributed by atoms with Gasteiger partial charge >= 0.3 is 0 Å². The molecule has 6 aromatic rings. The topological polar surface area (TPSA) is 22.8 Å². The van der Waals surface area contributed by atoms with E-state index in [4.69, 9.17) is 0 Å². The molecular weight excluding hydrogens is 426 g/mol. The summed E-state index contributed by atoms with van der Waals surface area (Å²) in [6, 6.07) is 32.4. The Kier molecular flexibility index (Phi) is 5.46. The molecule has 0 aliphatic carbocycles. The van der Waals surface area contributed by atoms with E-state index in [0.29, 0.717) is 5.92 Å². The number of nitrogens with zero attached hydrogens (tertiary/aromatic N) is 3. The van der Waals surface area contributed by atoms with Crippen LogP contribution < -0.4 is 0 Å². The lowest BCUT2D eigenvalue weighted by Crippen LogP contribution is -2.03. The smallest absolute Gasteiger partial charge is 0.137 e. The van der Waals surface area contributed by atoms with E-state index in [-0.39, 0.29) is 0 Å². The molecule has 1 atom stereocenters. The molecule has 0 saturated heterocycles. The quantitative estimate of drug-likeness (QED) is 0.248. The van der Waals surface area contributed by atoms with Crippen LogP contribution >= 0.6 is 0 Å². The summed E-state index contributed by atoms with van der Waals surface area (Å²) in [6.45, 7) is 4.57. The van der Waals surface area contributed by atoms with Gasteiger partial charge in [0.05, 0.1) is 16.6 Å². The maximum atomic E-state index is 4.65. The highest BCUT2D eigenvalue weighted by molar-refractivity contribution is 6.21. The minimum Gasteiger partial charge on any atom is -0.313 e. The Labute approximate surface area is 206 Å². The monoisotopic (exact) mass is 455 g/mol. The maximum absolute atomic E-state index is 4.65. The van der Waals surface area contributed by atoms with Crippen molar-refractivity contribution in [3.05, 3.63) is 115 Å². The molecule has 172 valence electrons. The number of fused-ring (bicyclic) bond motifs is 5. The average molecular weight is 456 g/mol. The number of pyridine rings is 1. The van der Waals surface area contributed by atoms with Crippen LogP contribution in [0.3, 0.4) is 0 Å². The predicted molar refractivity (Wildman–Crippen MR) is 148 cm³/mol. The molecule has 0 fully saturated rings. The summed E-state index contributed by atoms with van der Waals surface area (Å²) in [5.41, 5.74) is 6.34. The molecule has 3 aromatic carbocycles. The van der Waals surface area contributed by atoms with Gasteiger partial charge in [-0.3, -0.25) is 0 Å². The van der Waals surface area contributed by atoms with Gasteiger partial charge in [-0.25, -0.2) is 4.98 Å². The summed E-state index contributed by atoms with van der Waals surface area (Å²) in [5.74, 6) is 1.43. The van der Waals surface area contributed by atoms with Crippen molar-refractivity contribution in [2.24, 2.45) is 5.92 Å². The zero-order valence-corrected chi connectivity index (χ0v) is 20.2. The Morgan fingerprint density at radius 2 is 1.66 bits per heavy atom. The van der Waals surface area contributed by atoms with E-state index >= 15 is 0 Å². The molecule has 3 heterocycles. The molecule has 0 radical (unpaired) electrons. The first kappa shape index (κ1) is 21.4. The van der Waals surface area contributed by atoms with Crippen LogP contribution in [0.2, 0.25) is 0 Å². The van der Waals surface area contributed by atoms with Gasteiger partial charge in [-0.2, -0.15) is 0 Å². The molecule has 3 aromatic heterocycles. The van der Waals surface area contributed by atoms with Gasteiger partial charge in [0.15, 0.2) is 0 Å². The lowest BCUT2D eigenvalue weighted by atomic mass is 10.0. The van der Waals surface area contributed by atoms with Gasteiger partial charge in [-0.05, 0) is 41.8 Å². The van der Waals surface area contributed by atoms with E-state index in [9.17, 15) is 0 Å². The zero-order chi connectivity index (χ0) is 23.8. The summed E-state index contributed by atoms with van der Waals surface area (Å²) < 4.78 is 4.71. The molecule has 35 heavy (non-hydrogen) atoms. The number of allylic oxidation sites excluding steroid dienone is 2. The Morgan fingerprint density at radius 1 is 0.857 bits per heavy atom. The second-order valence-corrected chi connectivity index (χ2v) is 9.33. The van der Waals surface area contributed by atoms with Crippen molar-refractivity contribution < 1.29 is 0 Å². The Bertz CT molecular complexity index is 1650. The summed E-state index contributed by atoms with van der Waals surface area (Å²) in [7, 11) is 0. The number of hydrogen-bond acceptors (Lipinski definition) is 1. The van der Waals surface area contributed by atoms with Gasteiger partial charge < -0.3 is 9.13 Å². The first-order chi connectivity index (χ1) is 17.2. The third-order valence-electron chi connectivity index (χ3n) is 7.02. The van der Waals surface area contributed by atoms with Crippen molar-refractivity contribution >= 4 is 38.4 Å². The van der Waals surface area contributed by atoms with Gasteiger partial charge in [-0.15, -0.1) is 0 Å². The second-order valence-electron chi connectivity index (χ2n) is 9.33.